The van der Waals surface area contributed by atoms with E-state index in [0.29, 0.717) is 11.5 Å². The smallest absolute Gasteiger partial charge is 0.249 e. The summed E-state index contributed by atoms with van der Waals surface area (Å²) in [6.45, 7) is 4.62. The van der Waals surface area contributed by atoms with E-state index in [2.05, 4.69) is 32.3 Å². The Bertz CT molecular complexity index is 644. The summed E-state index contributed by atoms with van der Waals surface area (Å²) in [4.78, 5) is 17.9. The molecule has 0 fully saturated rings. The molecule has 0 aliphatic carbocycles. The van der Waals surface area contributed by atoms with Crippen LogP contribution in [0.5, 0.6) is 0 Å². The van der Waals surface area contributed by atoms with Gasteiger partial charge in [-0.25, -0.2) is 0 Å². The van der Waals surface area contributed by atoms with Crippen LogP contribution >= 0.6 is 0 Å². The number of carbonyl (C=O) groups is 1. The molecule has 0 saturated carbocycles. The van der Waals surface area contributed by atoms with Crippen LogP contribution in [0.3, 0.4) is 0 Å². The lowest BCUT2D eigenvalue weighted by atomic mass is 10.1. The van der Waals surface area contributed by atoms with Crippen LogP contribution in [0, 0.1) is 0 Å². The van der Waals surface area contributed by atoms with Crippen molar-refractivity contribution in [3.05, 3.63) is 36.0 Å². The average Bonchev–Trinajstić information content (AvgIpc) is 2.53. The molecule has 0 spiro atoms. The van der Waals surface area contributed by atoms with Crippen molar-refractivity contribution >= 4 is 23.2 Å². The lowest BCUT2D eigenvalue weighted by Gasteiger charge is -2.17. The first-order chi connectivity index (χ1) is 10.6. The first-order valence-corrected chi connectivity index (χ1v) is 7.39. The molecule has 2 aromatic rings. The number of unbranched alkanes of at least 4 members (excludes halogenated alkanes) is 1. The van der Waals surface area contributed by atoms with Gasteiger partial charge >= 0.3 is 0 Å². The number of rotatable bonds is 7. The number of anilines is 3. The normalized spacial score (nSPS) is 10.3. The molecule has 0 aliphatic rings. The fourth-order valence-electron chi connectivity index (χ4n) is 1.99. The van der Waals surface area contributed by atoms with E-state index in [1.165, 1.54) is 0 Å². The van der Waals surface area contributed by atoms with Crippen molar-refractivity contribution in [1.29, 1.82) is 0 Å². The largest absolute Gasteiger partial charge is 0.358 e. The Hall–Kier alpha value is -2.50. The van der Waals surface area contributed by atoms with Crippen LogP contribution in [-0.2, 0) is 0 Å². The molecule has 0 aliphatic heterocycles. The Labute approximate surface area is 130 Å². The molecule has 0 bridgehead atoms. The minimum atomic E-state index is 0.0238. The zero-order valence-corrected chi connectivity index (χ0v) is 13.2. The van der Waals surface area contributed by atoms with Crippen LogP contribution in [-0.4, -0.2) is 34.6 Å². The average molecular weight is 299 g/mol. The maximum atomic E-state index is 11.4. The summed E-state index contributed by atoms with van der Waals surface area (Å²) in [5.41, 5.74) is 1.41. The van der Waals surface area contributed by atoms with Gasteiger partial charge in [0, 0.05) is 24.8 Å². The predicted octanol–water partition coefficient (Wildman–Crippen LogP) is 3.05. The Morgan fingerprint density at radius 1 is 1.36 bits per heavy atom. The standard InChI is InChI=1S/C16H21N5O/c1-4-5-9-21(3)15-11-17-20-16(19-15)18-14-8-6-7-13(10-14)12(2)22/h6-8,10-11H,4-5,9H2,1-3H3,(H,18,19,20). The van der Waals surface area contributed by atoms with Gasteiger partial charge in [-0.15, -0.1) is 5.10 Å². The summed E-state index contributed by atoms with van der Waals surface area (Å²) in [7, 11) is 1.99. The van der Waals surface area contributed by atoms with Crippen LogP contribution in [0.2, 0.25) is 0 Å². The van der Waals surface area contributed by atoms with Crippen molar-refractivity contribution in [3.63, 3.8) is 0 Å². The third-order valence-electron chi connectivity index (χ3n) is 3.31. The first-order valence-electron chi connectivity index (χ1n) is 7.39. The Kier molecular flexibility index (Phi) is 5.41. The number of nitrogens with zero attached hydrogens (tertiary/aromatic N) is 4. The molecule has 0 unspecified atom stereocenters. The summed E-state index contributed by atoms with van der Waals surface area (Å²) in [5, 5.41) is 11.1. The first kappa shape index (κ1) is 15.9. The number of aromatic nitrogens is 3. The second-order valence-electron chi connectivity index (χ2n) is 5.18. The maximum Gasteiger partial charge on any atom is 0.249 e. The molecule has 0 amide bonds. The molecular weight excluding hydrogens is 278 g/mol. The molecule has 6 nitrogen and oxygen atoms in total. The van der Waals surface area contributed by atoms with Crippen molar-refractivity contribution < 1.29 is 4.79 Å². The summed E-state index contributed by atoms with van der Waals surface area (Å²) in [5.74, 6) is 1.21. The minimum Gasteiger partial charge on any atom is -0.358 e. The number of benzene rings is 1. The highest BCUT2D eigenvalue weighted by Crippen LogP contribution is 2.16. The lowest BCUT2D eigenvalue weighted by molar-refractivity contribution is 0.101. The van der Waals surface area contributed by atoms with Gasteiger partial charge in [0.15, 0.2) is 11.6 Å². The minimum absolute atomic E-state index is 0.0238. The van der Waals surface area contributed by atoms with Crippen molar-refractivity contribution in [2.45, 2.75) is 26.7 Å². The zero-order valence-electron chi connectivity index (χ0n) is 13.2. The molecule has 1 aromatic carbocycles. The van der Waals surface area contributed by atoms with Crippen LogP contribution in [0.15, 0.2) is 30.5 Å². The van der Waals surface area contributed by atoms with E-state index in [9.17, 15) is 4.79 Å². The number of hydrogen-bond acceptors (Lipinski definition) is 6. The summed E-state index contributed by atoms with van der Waals surface area (Å²) in [6.07, 6.45) is 3.88. The van der Waals surface area contributed by atoms with Gasteiger partial charge in [0.05, 0.1) is 6.20 Å². The van der Waals surface area contributed by atoms with Crippen molar-refractivity contribution in [2.75, 3.05) is 23.8 Å². The molecule has 116 valence electrons. The van der Waals surface area contributed by atoms with Crippen molar-refractivity contribution in [3.8, 4) is 0 Å². The van der Waals surface area contributed by atoms with E-state index >= 15 is 0 Å². The molecule has 1 heterocycles. The summed E-state index contributed by atoms with van der Waals surface area (Å²) in [6, 6.07) is 7.24. The molecule has 1 aromatic heterocycles. The van der Waals surface area contributed by atoms with E-state index in [-0.39, 0.29) is 5.78 Å². The molecule has 0 atom stereocenters. The number of hydrogen-bond donors (Lipinski definition) is 1. The quantitative estimate of drug-likeness (QED) is 0.792. The number of carbonyl (C=O) groups excluding carboxylic acids is 1. The van der Waals surface area contributed by atoms with Gasteiger partial charge in [0.1, 0.15) is 0 Å². The van der Waals surface area contributed by atoms with Gasteiger partial charge < -0.3 is 10.2 Å². The second-order valence-corrected chi connectivity index (χ2v) is 5.18. The lowest BCUT2D eigenvalue weighted by Crippen LogP contribution is -2.20. The second kappa shape index (κ2) is 7.49. The van der Waals surface area contributed by atoms with Crippen molar-refractivity contribution in [2.24, 2.45) is 0 Å². The van der Waals surface area contributed by atoms with E-state index in [1.54, 1.807) is 25.3 Å². The Balaban J connectivity index is 2.13. The van der Waals surface area contributed by atoms with E-state index < -0.39 is 0 Å². The van der Waals surface area contributed by atoms with Gasteiger partial charge in [-0.1, -0.05) is 25.5 Å². The summed E-state index contributed by atoms with van der Waals surface area (Å²) >= 11 is 0. The summed E-state index contributed by atoms with van der Waals surface area (Å²) < 4.78 is 0. The molecule has 0 radical (unpaired) electrons. The van der Waals surface area contributed by atoms with E-state index in [4.69, 9.17) is 0 Å². The molecular formula is C16H21N5O. The third-order valence-corrected chi connectivity index (χ3v) is 3.31. The molecule has 22 heavy (non-hydrogen) atoms. The molecule has 0 saturated heterocycles. The SMILES string of the molecule is CCCCN(C)c1cnnc(Nc2cccc(C(C)=O)c2)n1. The highest BCUT2D eigenvalue weighted by Gasteiger charge is 2.06. The zero-order chi connectivity index (χ0) is 15.9. The van der Waals surface area contributed by atoms with Gasteiger partial charge in [0.2, 0.25) is 5.95 Å². The van der Waals surface area contributed by atoms with E-state index in [1.807, 2.05) is 19.2 Å². The fourth-order valence-corrected chi connectivity index (χ4v) is 1.99. The van der Waals surface area contributed by atoms with Gasteiger partial charge in [-0.05, 0) is 25.5 Å². The van der Waals surface area contributed by atoms with E-state index in [0.717, 1.165) is 30.9 Å². The molecule has 2 rings (SSSR count). The third kappa shape index (κ3) is 4.25. The van der Waals surface area contributed by atoms with Crippen LogP contribution < -0.4 is 10.2 Å². The van der Waals surface area contributed by atoms with Gasteiger partial charge in [-0.3, -0.25) is 4.79 Å². The highest BCUT2D eigenvalue weighted by atomic mass is 16.1. The van der Waals surface area contributed by atoms with Crippen LogP contribution in [0.25, 0.3) is 0 Å². The number of ketones is 1. The van der Waals surface area contributed by atoms with Gasteiger partial charge in [-0.2, -0.15) is 10.1 Å². The number of Topliss-reactive ketones (excluding diaryl/α,β-unsaturated/α-hetero) is 1. The Morgan fingerprint density at radius 2 is 2.18 bits per heavy atom. The highest BCUT2D eigenvalue weighted by molar-refractivity contribution is 5.95. The number of nitrogens with one attached hydrogen (secondary N) is 1. The van der Waals surface area contributed by atoms with Gasteiger partial charge in [0.25, 0.3) is 0 Å². The Morgan fingerprint density at radius 3 is 2.91 bits per heavy atom. The topological polar surface area (TPSA) is 71.0 Å². The molecule has 1 N–H and O–H groups in total. The van der Waals surface area contributed by atoms with Crippen LogP contribution in [0.4, 0.5) is 17.5 Å². The van der Waals surface area contributed by atoms with Crippen molar-refractivity contribution in [1.82, 2.24) is 15.2 Å². The fraction of sp³-hybridized carbons (Fsp3) is 0.375. The predicted molar refractivity (Wildman–Crippen MR) is 87.7 cm³/mol. The maximum absolute atomic E-state index is 11.4. The van der Waals surface area contributed by atoms with Crippen LogP contribution in [0.1, 0.15) is 37.0 Å². The monoisotopic (exact) mass is 299 g/mol. The molecule has 6 heteroatoms.